The lowest BCUT2D eigenvalue weighted by Gasteiger charge is -2.41. The molecular weight excluding hydrogens is 350 g/mol. The zero-order valence-electron chi connectivity index (χ0n) is 17.3. The predicted octanol–water partition coefficient (Wildman–Crippen LogP) is 2.44. The van der Waals surface area contributed by atoms with E-state index in [1.54, 1.807) is 0 Å². The van der Waals surface area contributed by atoms with E-state index in [1.807, 2.05) is 0 Å². The van der Waals surface area contributed by atoms with Crippen molar-refractivity contribution < 1.29 is 9.53 Å². The summed E-state index contributed by atoms with van der Waals surface area (Å²) in [4.78, 5) is 20.4. The summed E-state index contributed by atoms with van der Waals surface area (Å²) in [6.45, 7) is 7.56. The summed E-state index contributed by atoms with van der Waals surface area (Å²) in [7, 11) is 2.18. The molecule has 1 amide bonds. The van der Waals surface area contributed by atoms with Crippen molar-refractivity contribution in [2.24, 2.45) is 5.92 Å². The van der Waals surface area contributed by atoms with E-state index >= 15 is 0 Å². The molecule has 0 aromatic heterocycles. The van der Waals surface area contributed by atoms with Gasteiger partial charge in [0.1, 0.15) is 0 Å². The van der Waals surface area contributed by atoms with Crippen molar-refractivity contribution in [3.8, 4) is 0 Å². The van der Waals surface area contributed by atoms with Crippen molar-refractivity contribution >= 4 is 5.91 Å². The van der Waals surface area contributed by atoms with Gasteiger partial charge in [-0.3, -0.25) is 9.69 Å². The number of amides is 1. The second-order valence-electron chi connectivity index (χ2n) is 8.79. The molecule has 4 rings (SSSR count). The molecule has 0 N–H and O–H groups in total. The second-order valence-corrected chi connectivity index (χ2v) is 8.79. The lowest BCUT2D eigenvalue weighted by atomic mass is 9.74. The molecule has 1 aliphatic carbocycles. The first-order valence-electron chi connectivity index (χ1n) is 11.1. The van der Waals surface area contributed by atoms with Gasteiger partial charge in [0, 0.05) is 51.7 Å². The van der Waals surface area contributed by atoms with Gasteiger partial charge in [-0.15, -0.1) is 0 Å². The minimum Gasteiger partial charge on any atom is -0.373 e. The Balaban J connectivity index is 1.37. The van der Waals surface area contributed by atoms with Gasteiger partial charge in [0.15, 0.2) is 0 Å². The minimum absolute atomic E-state index is 0.138. The fourth-order valence-electron chi connectivity index (χ4n) is 5.11. The molecule has 0 bridgehead atoms. The van der Waals surface area contributed by atoms with Crippen LogP contribution in [0.15, 0.2) is 30.3 Å². The number of likely N-dealkylation sites (N-methyl/N-ethyl adjacent to an activating group) is 1. The van der Waals surface area contributed by atoms with Crippen LogP contribution in [0, 0.1) is 5.92 Å². The Morgan fingerprint density at radius 1 is 1.04 bits per heavy atom. The Morgan fingerprint density at radius 2 is 1.79 bits per heavy atom. The Bertz CT molecular complexity index is 630. The SMILES string of the molecule is CN1CCN(CC2CN(C(=O)[C@@H]3CCCC[C@@H]3c3ccccc3)CCO2)CC1. The first kappa shape index (κ1) is 19.9. The summed E-state index contributed by atoms with van der Waals surface area (Å²) >= 11 is 0. The van der Waals surface area contributed by atoms with E-state index in [0.29, 0.717) is 18.4 Å². The van der Waals surface area contributed by atoms with E-state index in [1.165, 1.54) is 18.4 Å². The number of hydrogen-bond acceptors (Lipinski definition) is 4. The van der Waals surface area contributed by atoms with E-state index in [4.69, 9.17) is 4.74 Å². The lowest BCUT2D eigenvalue weighted by Crippen LogP contribution is -2.54. The van der Waals surface area contributed by atoms with Crippen molar-refractivity contribution in [2.75, 3.05) is 59.5 Å². The van der Waals surface area contributed by atoms with Gasteiger partial charge in [0.2, 0.25) is 5.91 Å². The van der Waals surface area contributed by atoms with Crippen LogP contribution in [0.3, 0.4) is 0 Å². The van der Waals surface area contributed by atoms with Gasteiger partial charge in [-0.1, -0.05) is 43.2 Å². The van der Waals surface area contributed by atoms with Crippen LogP contribution in [-0.2, 0) is 9.53 Å². The molecule has 2 aliphatic heterocycles. The van der Waals surface area contributed by atoms with Gasteiger partial charge >= 0.3 is 0 Å². The molecule has 3 fully saturated rings. The molecule has 0 spiro atoms. The second kappa shape index (κ2) is 9.38. The molecular formula is C23H35N3O2. The van der Waals surface area contributed by atoms with Crippen molar-refractivity contribution in [1.29, 1.82) is 0 Å². The van der Waals surface area contributed by atoms with Crippen LogP contribution in [-0.4, -0.2) is 86.2 Å². The number of morpholine rings is 1. The number of rotatable bonds is 4. The van der Waals surface area contributed by atoms with Crippen LogP contribution in [0.2, 0.25) is 0 Å². The Morgan fingerprint density at radius 3 is 2.57 bits per heavy atom. The molecule has 0 radical (unpaired) electrons. The lowest BCUT2D eigenvalue weighted by molar-refractivity contribution is -0.145. The van der Waals surface area contributed by atoms with E-state index in [0.717, 1.165) is 58.7 Å². The molecule has 5 heteroatoms. The fourth-order valence-corrected chi connectivity index (χ4v) is 5.11. The maximum atomic E-state index is 13.5. The summed E-state index contributed by atoms with van der Waals surface area (Å²) < 4.78 is 6.04. The molecule has 1 aromatic rings. The van der Waals surface area contributed by atoms with Crippen LogP contribution in [0.25, 0.3) is 0 Å². The van der Waals surface area contributed by atoms with Gasteiger partial charge in [-0.25, -0.2) is 0 Å². The normalized spacial score (nSPS) is 30.3. The van der Waals surface area contributed by atoms with Crippen LogP contribution < -0.4 is 0 Å². The van der Waals surface area contributed by atoms with Gasteiger partial charge < -0.3 is 14.5 Å². The smallest absolute Gasteiger partial charge is 0.226 e. The first-order chi connectivity index (χ1) is 13.7. The van der Waals surface area contributed by atoms with Crippen molar-refractivity contribution in [3.05, 3.63) is 35.9 Å². The maximum absolute atomic E-state index is 13.5. The minimum atomic E-state index is 0.138. The Kier molecular flexibility index (Phi) is 6.65. The molecule has 28 heavy (non-hydrogen) atoms. The first-order valence-corrected chi connectivity index (χ1v) is 11.1. The van der Waals surface area contributed by atoms with Crippen LogP contribution >= 0.6 is 0 Å². The highest BCUT2D eigenvalue weighted by atomic mass is 16.5. The van der Waals surface area contributed by atoms with Crippen LogP contribution in [0.5, 0.6) is 0 Å². The molecule has 3 aliphatic rings. The maximum Gasteiger partial charge on any atom is 0.226 e. The average Bonchev–Trinajstić information content (AvgIpc) is 2.76. The summed E-state index contributed by atoms with van der Waals surface area (Å²) in [6, 6.07) is 10.7. The number of carbonyl (C=O) groups is 1. The van der Waals surface area contributed by atoms with Crippen LogP contribution in [0.1, 0.15) is 37.2 Å². The van der Waals surface area contributed by atoms with Crippen LogP contribution in [0.4, 0.5) is 0 Å². The number of benzene rings is 1. The van der Waals surface area contributed by atoms with Gasteiger partial charge in [-0.05, 0) is 31.4 Å². The number of ether oxygens (including phenoxy) is 1. The monoisotopic (exact) mass is 385 g/mol. The summed E-state index contributed by atoms with van der Waals surface area (Å²) in [5, 5.41) is 0. The zero-order chi connectivity index (χ0) is 19.3. The third-order valence-corrected chi connectivity index (χ3v) is 6.82. The summed E-state index contributed by atoms with van der Waals surface area (Å²) in [5.41, 5.74) is 1.34. The molecule has 1 unspecified atom stereocenters. The highest BCUT2D eigenvalue weighted by Crippen LogP contribution is 2.39. The Labute approximate surface area is 169 Å². The summed E-state index contributed by atoms with van der Waals surface area (Å²) in [5.74, 6) is 0.875. The molecule has 1 aromatic carbocycles. The van der Waals surface area contributed by atoms with E-state index < -0.39 is 0 Å². The van der Waals surface area contributed by atoms with E-state index in [-0.39, 0.29) is 12.0 Å². The molecule has 2 saturated heterocycles. The van der Waals surface area contributed by atoms with E-state index in [2.05, 4.69) is 52.1 Å². The van der Waals surface area contributed by atoms with E-state index in [9.17, 15) is 4.79 Å². The molecule has 154 valence electrons. The third kappa shape index (κ3) is 4.76. The standard InChI is InChI=1S/C23H35N3O2/c1-24-11-13-25(14-12-24)17-20-18-26(15-16-28-20)23(27)22-10-6-5-9-21(22)19-7-3-2-4-8-19/h2-4,7-8,20-22H,5-6,9-18H2,1H3/t20?,21-,22-/m1/s1. The molecule has 2 heterocycles. The Hall–Kier alpha value is -1.43. The topological polar surface area (TPSA) is 36.0 Å². The predicted molar refractivity (Wildman–Crippen MR) is 111 cm³/mol. The third-order valence-electron chi connectivity index (χ3n) is 6.82. The van der Waals surface area contributed by atoms with Crippen molar-refractivity contribution in [3.63, 3.8) is 0 Å². The number of carbonyl (C=O) groups excluding carboxylic acids is 1. The van der Waals surface area contributed by atoms with Gasteiger partial charge in [0.05, 0.1) is 12.7 Å². The number of piperazine rings is 1. The molecule has 3 atom stereocenters. The summed E-state index contributed by atoms with van der Waals surface area (Å²) in [6.07, 6.45) is 4.72. The average molecular weight is 386 g/mol. The molecule has 1 saturated carbocycles. The van der Waals surface area contributed by atoms with Gasteiger partial charge in [0.25, 0.3) is 0 Å². The van der Waals surface area contributed by atoms with Gasteiger partial charge in [-0.2, -0.15) is 0 Å². The number of hydrogen-bond donors (Lipinski definition) is 0. The number of nitrogens with zero attached hydrogens (tertiary/aromatic N) is 3. The highest BCUT2D eigenvalue weighted by molar-refractivity contribution is 5.80. The highest BCUT2D eigenvalue weighted by Gasteiger charge is 2.36. The van der Waals surface area contributed by atoms with Crippen molar-refractivity contribution in [1.82, 2.24) is 14.7 Å². The molecule has 5 nitrogen and oxygen atoms in total. The quantitative estimate of drug-likeness (QED) is 0.798. The largest absolute Gasteiger partial charge is 0.373 e. The fraction of sp³-hybridized carbons (Fsp3) is 0.696. The zero-order valence-corrected chi connectivity index (χ0v) is 17.3. The van der Waals surface area contributed by atoms with Crippen molar-refractivity contribution in [2.45, 2.75) is 37.7 Å².